The van der Waals surface area contributed by atoms with Gasteiger partial charge in [0.05, 0.1) is 30.4 Å². The normalized spacial score (nSPS) is 14.8. The molecule has 0 fully saturated rings. The van der Waals surface area contributed by atoms with Crippen LogP contribution in [0, 0.1) is 23.9 Å². The number of benzene rings is 7. The quantitative estimate of drug-likeness (QED) is 0.112. The molecule has 7 aromatic carbocycles. The van der Waals surface area contributed by atoms with Crippen molar-refractivity contribution in [3.05, 3.63) is 199 Å². The van der Waals surface area contributed by atoms with E-state index in [-0.39, 0.29) is 60.8 Å². The maximum absolute atomic E-state index is 9.53. The van der Waals surface area contributed by atoms with Crippen molar-refractivity contribution >= 4 is 32.8 Å². The van der Waals surface area contributed by atoms with Gasteiger partial charge < -0.3 is 13.9 Å². The average Bonchev–Trinajstić information content (AvgIpc) is 3.92. The summed E-state index contributed by atoms with van der Waals surface area (Å²) in [6.45, 7) is 11.5. The molecule has 10 rings (SSSR count). The maximum atomic E-state index is 9.53. The van der Waals surface area contributed by atoms with E-state index in [4.69, 9.17) is 23.4 Å². The second-order valence-corrected chi connectivity index (χ2v) is 17.1. The number of ether oxygens (including phenoxy) is 1. The molecule has 0 radical (unpaired) electrons. The van der Waals surface area contributed by atoms with Crippen molar-refractivity contribution in [2.75, 3.05) is 0 Å². The van der Waals surface area contributed by atoms with Crippen molar-refractivity contribution in [2.45, 2.75) is 53.3 Å². The number of para-hydroxylation sites is 4. The van der Waals surface area contributed by atoms with Gasteiger partial charge in [-0.15, -0.1) is 29.7 Å². The number of hydrogen-bond acceptors (Lipinski definition) is 2. The zero-order chi connectivity index (χ0) is 53.1. The number of pyridine rings is 1. The van der Waals surface area contributed by atoms with Gasteiger partial charge in [-0.2, -0.15) is 17.7 Å². The molecule has 3 heterocycles. The SMILES string of the molecule is [2H]c1c([2H])c([2H])c(-c2ccccc2-[n+]2[c-]n(-c3[c-]c(Oc4[c-]c5c(cc4)c4ccccc4n5-c4cc(C([2H])([2H])C(C)(C)C)c(-c5c([2H])c([2H])c([2H])c([2H])c5[2H])cn4)cc(C(C)(C)C)c3)c3ccccc32)c([2H])c1[2H].[Pt]. The monoisotopic (exact) mass is 1010 g/mol. The average molecular weight is 1010 g/mol. The van der Waals surface area contributed by atoms with E-state index < -0.39 is 60.1 Å². The summed E-state index contributed by atoms with van der Waals surface area (Å²) in [5.41, 5.74) is 3.96. The van der Waals surface area contributed by atoms with E-state index in [9.17, 15) is 2.74 Å². The Morgan fingerprint density at radius 1 is 0.683 bits per heavy atom. The van der Waals surface area contributed by atoms with E-state index in [1.807, 2.05) is 98.6 Å². The van der Waals surface area contributed by atoms with E-state index in [0.29, 0.717) is 39.8 Å². The van der Waals surface area contributed by atoms with Crippen molar-refractivity contribution < 1.29 is 46.8 Å². The molecular weight excluding hydrogens is 952 g/mol. The Hall–Kier alpha value is -6.55. The van der Waals surface area contributed by atoms with Crippen LogP contribution in [0.4, 0.5) is 0 Å². The molecule has 0 N–H and O–H groups in total. The number of aromatic nitrogens is 4. The summed E-state index contributed by atoms with van der Waals surface area (Å²) in [6, 6.07) is 34.3. The Morgan fingerprint density at radius 2 is 1.35 bits per heavy atom. The molecule has 0 aliphatic rings. The second kappa shape index (κ2) is 16.6. The second-order valence-electron chi connectivity index (χ2n) is 17.1. The van der Waals surface area contributed by atoms with Crippen LogP contribution in [0.3, 0.4) is 0 Å². The fraction of sp³-hybridized carbons (Fsp3) is 0.158. The van der Waals surface area contributed by atoms with Gasteiger partial charge in [-0.3, -0.25) is 4.57 Å². The first-order chi connectivity index (χ1) is 34.9. The van der Waals surface area contributed by atoms with E-state index in [2.05, 4.69) is 39.2 Å². The molecule has 0 saturated heterocycles. The Morgan fingerprint density at radius 3 is 2.08 bits per heavy atom. The van der Waals surface area contributed by atoms with Gasteiger partial charge >= 0.3 is 0 Å². The van der Waals surface area contributed by atoms with Crippen molar-refractivity contribution in [2.24, 2.45) is 5.41 Å². The van der Waals surface area contributed by atoms with Crippen LogP contribution in [0.15, 0.2) is 170 Å². The number of rotatable bonds is 8. The van der Waals surface area contributed by atoms with Crippen LogP contribution in [0.5, 0.6) is 11.5 Å². The van der Waals surface area contributed by atoms with Crippen LogP contribution in [-0.4, -0.2) is 14.1 Å². The van der Waals surface area contributed by atoms with Crippen LogP contribution in [0.2, 0.25) is 0 Å². The Labute approximate surface area is 401 Å². The molecule has 0 amide bonds. The summed E-state index contributed by atoms with van der Waals surface area (Å²) >= 11 is 0. The molecule has 63 heavy (non-hydrogen) atoms. The van der Waals surface area contributed by atoms with Gasteiger partial charge in [0.1, 0.15) is 5.82 Å². The Bertz CT molecular complexity index is 3910. The molecule has 5 nitrogen and oxygen atoms in total. The molecular formula is C57H48N4OPt-2. The van der Waals surface area contributed by atoms with E-state index >= 15 is 0 Å². The van der Waals surface area contributed by atoms with E-state index in [0.717, 1.165) is 32.9 Å². The number of fused-ring (bicyclic) bond motifs is 4. The standard InChI is InChI=1S/C57H48N4O.Pt/c1-56(2,3)36-41-31-55(58-37-49(41)40-21-11-8-12-22-40)61-51-26-16-14-24-47(51)48-30-29-44(35-54(48)61)62-45-33-42(57(4,5)6)32-43(34-45)59-38-60(53-28-18-17-27-52(53)59)50-25-15-13-23-46(50)39-19-9-7-10-20-39;/h7-33,37H,36H2,1-6H3;/q-2;/i7D,8D,9D,10D,11D,12D,19D,20D,21D,22D,36D2;. The van der Waals surface area contributed by atoms with Crippen molar-refractivity contribution in [3.8, 4) is 50.9 Å². The summed E-state index contributed by atoms with van der Waals surface area (Å²) in [5.74, 6) is 1.01. The van der Waals surface area contributed by atoms with Gasteiger partial charge in [-0.1, -0.05) is 168 Å². The summed E-state index contributed by atoms with van der Waals surface area (Å²) < 4.78 is 117. The van der Waals surface area contributed by atoms with Gasteiger partial charge in [0, 0.05) is 52.6 Å². The molecule has 0 spiro atoms. The fourth-order valence-corrected chi connectivity index (χ4v) is 7.77. The largest absolute Gasteiger partial charge is 0.510 e. The molecule has 3 aromatic heterocycles. The molecule has 10 aromatic rings. The summed E-state index contributed by atoms with van der Waals surface area (Å²) in [7, 11) is 0. The first-order valence-electron chi connectivity index (χ1n) is 26.3. The molecule has 0 unspecified atom stereocenters. The predicted octanol–water partition coefficient (Wildman–Crippen LogP) is 13.8. The van der Waals surface area contributed by atoms with Crippen LogP contribution < -0.4 is 9.30 Å². The molecule has 314 valence electrons. The third-order valence-corrected chi connectivity index (χ3v) is 10.6. The van der Waals surface area contributed by atoms with Crippen LogP contribution in [-0.2, 0) is 32.9 Å². The third kappa shape index (κ3) is 8.15. The molecule has 0 aliphatic heterocycles. The summed E-state index contributed by atoms with van der Waals surface area (Å²) in [5, 5.41) is 1.67. The van der Waals surface area contributed by atoms with E-state index in [1.165, 1.54) is 6.20 Å². The molecule has 0 aliphatic carbocycles. The molecule has 0 saturated carbocycles. The molecule has 0 atom stereocenters. The summed E-state index contributed by atoms with van der Waals surface area (Å²) in [4.78, 5) is 4.85. The van der Waals surface area contributed by atoms with Crippen molar-refractivity contribution in [1.82, 2.24) is 14.1 Å². The fourth-order valence-electron chi connectivity index (χ4n) is 7.77. The van der Waals surface area contributed by atoms with Gasteiger partial charge in [-0.05, 0) is 68.7 Å². The van der Waals surface area contributed by atoms with Crippen LogP contribution in [0.1, 0.15) is 69.1 Å². The first-order valence-corrected chi connectivity index (χ1v) is 20.3. The van der Waals surface area contributed by atoms with Crippen molar-refractivity contribution in [3.63, 3.8) is 0 Å². The van der Waals surface area contributed by atoms with Crippen LogP contribution >= 0.6 is 0 Å². The smallest absolute Gasteiger partial charge is 0.268 e. The maximum Gasteiger partial charge on any atom is 0.268 e. The summed E-state index contributed by atoms with van der Waals surface area (Å²) in [6.07, 6.45) is 2.79. The number of imidazole rings is 1. The number of hydrogen-bond donors (Lipinski definition) is 0. The van der Waals surface area contributed by atoms with Gasteiger partial charge in [0.25, 0.3) is 6.33 Å². The minimum absolute atomic E-state index is 0. The van der Waals surface area contributed by atoms with Gasteiger partial charge in [-0.25, -0.2) is 4.98 Å². The molecule has 6 heteroatoms. The molecule has 0 bridgehead atoms. The van der Waals surface area contributed by atoms with E-state index in [1.54, 1.807) is 39.0 Å². The zero-order valence-electron chi connectivity index (χ0n) is 47.4. The van der Waals surface area contributed by atoms with Crippen molar-refractivity contribution in [1.29, 1.82) is 0 Å². The Kier molecular flexibility index (Phi) is 7.83. The predicted molar refractivity (Wildman–Crippen MR) is 253 cm³/mol. The van der Waals surface area contributed by atoms with Crippen LogP contribution in [0.25, 0.3) is 72.3 Å². The number of nitrogens with zero attached hydrogens (tertiary/aromatic N) is 4. The minimum atomic E-state index is -2.10. The Balaban J connectivity index is 0.00000689. The first kappa shape index (κ1) is 29.7. The van der Waals surface area contributed by atoms with Gasteiger partial charge in [0.15, 0.2) is 0 Å². The minimum Gasteiger partial charge on any atom is -0.510 e. The third-order valence-electron chi connectivity index (χ3n) is 10.6. The zero-order valence-corrected chi connectivity index (χ0v) is 37.7. The van der Waals surface area contributed by atoms with Gasteiger partial charge in [0.2, 0.25) is 0 Å². The topological polar surface area (TPSA) is 35.9 Å².